The number of carbonyl (C=O) groups is 5. The number of rotatable bonds is 16. The minimum Gasteiger partial charge on any atom is -0.508 e. The van der Waals surface area contributed by atoms with Crippen LogP contribution in [0.3, 0.4) is 0 Å². The number of hydrogen-bond donors (Lipinski definition) is 7. The lowest BCUT2D eigenvalue weighted by Gasteiger charge is -2.28. The van der Waals surface area contributed by atoms with Crippen molar-refractivity contribution in [3.05, 3.63) is 29.8 Å². The molecule has 0 heterocycles. The van der Waals surface area contributed by atoms with Crippen LogP contribution in [0.4, 0.5) is 0 Å². The van der Waals surface area contributed by atoms with E-state index in [0.717, 1.165) is 0 Å². The number of nitrogens with two attached hydrogens (primary N) is 1. The zero-order valence-electron chi connectivity index (χ0n) is 22.3. The Bertz CT molecular complexity index is 968. The van der Waals surface area contributed by atoms with Crippen LogP contribution in [0.2, 0.25) is 0 Å². The van der Waals surface area contributed by atoms with Gasteiger partial charge in [0.25, 0.3) is 0 Å². The maximum Gasteiger partial charge on any atom is 0.326 e. The van der Waals surface area contributed by atoms with E-state index in [2.05, 4.69) is 16.0 Å². The average Bonchev–Trinajstić information content (AvgIpc) is 2.88. The predicted molar refractivity (Wildman–Crippen MR) is 139 cm³/mol. The van der Waals surface area contributed by atoms with E-state index in [1.165, 1.54) is 24.3 Å². The fraction of sp³-hybridized carbons (Fsp3) is 0.577. The monoisotopic (exact) mass is 536 g/mol. The molecule has 1 aromatic rings. The van der Waals surface area contributed by atoms with E-state index >= 15 is 0 Å². The summed E-state index contributed by atoms with van der Waals surface area (Å²) in [4.78, 5) is 61.9. The Morgan fingerprint density at radius 2 is 1.37 bits per heavy atom. The van der Waals surface area contributed by atoms with Gasteiger partial charge in [-0.15, -0.1) is 0 Å². The molecule has 12 heteroatoms. The fourth-order valence-electron chi connectivity index (χ4n) is 3.60. The van der Waals surface area contributed by atoms with Crippen LogP contribution in [-0.4, -0.2) is 69.1 Å². The predicted octanol–water partition coefficient (Wildman–Crippen LogP) is 0.758. The van der Waals surface area contributed by atoms with Crippen molar-refractivity contribution >= 4 is 29.7 Å². The van der Waals surface area contributed by atoms with E-state index in [0.29, 0.717) is 18.4 Å². The lowest BCUT2D eigenvalue weighted by Crippen LogP contribution is -2.59. The number of nitrogens with one attached hydrogen (secondary N) is 3. The van der Waals surface area contributed by atoms with E-state index in [1.807, 2.05) is 20.8 Å². The van der Waals surface area contributed by atoms with E-state index in [-0.39, 0.29) is 30.4 Å². The summed E-state index contributed by atoms with van der Waals surface area (Å²) in [6.07, 6.45) is 0.289. The van der Waals surface area contributed by atoms with Crippen molar-refractivity contribution in [3.63, 3.8) is 0 Å². The second-order valence-corrected chi connectivity index (χ2v) is 9.55. The third-order valence-corrected chi connectivity index (χ3v) is 6.62. The molecule has 6 atom stereocenters. The molecule has 0 aliphatic heterocycles. The number of carboxylic acid groups (broad SMARTS) is 2. The number of benzene rings is 1. The number of phenols is 1. The van der Waals surface area contributed by atoms with Gasteiger partial charge in [0, 0.05) is 12.8 Å². The van der Waals surface area contributed by atoms with Crippen LogP contribution in [0, 0.1) is 11.8 Å². The first-order chi connectivity index (χ1) is 17.8. The summed E-state index contributed by atoms with van der Waals surface area (Å²) in [5, 5.41) is 35.7. The molecule has 0 bridgehead atoms. The molecule has 0 aliphatic rings. The molecular weight excluding hydrogens is 496 g/mol. The first-order valence-electron chi connectivity index (χ1n) is 12.7. The molecule has 6 unspecified atom stereocenters. The van der Waals surface area contributed by atoms with Crippen molar-refractivity contribution in [1.82, 2.24) is 16.0 Å². The molecule has 38 heavy (non-hydrogen) atoms. The largest absolute Gasteiger partial charge is 0.508 e. The van der Waals surface area contributed by atoms with Crippen molar-refractivity contribution in [2.24, 2.45) is 17.6 Å². The molecular formula is C26H40N4O8. The number of phenolic OH excluding ortho intramolecular Hbond substituents is 1. The van der Waals surface area contributed by atoms with E-state index in [1.54, 1.807) is 6.92 Å². The fourth-order valence-corrected chi connectivity index (χ4v) is 3.60. The van der Waals surface area contributed by atoms with Gasteiger partial charge in [-0.3, -0.25) is 19.2 Å². The van der Waals surface area contributed by atoms with Crippen molar-refractivity contribution in [2.75, 3.05) is 0 Å². The summed E-state index contributed by atoms with van der Waals surface area (Å²) in [5.41, 5.74) is 6.53. The van der Waals surface area contributed by atoms with Crippen LogP contribution in [0.15, 0.2) is 24.3 Å². The Hall–Kier alpha value is -3.67. The van der Waals surface area contributed by atoms with E-state index in [9.17, 15) is 34.2 Å². The number of carbonyl (C=O) groups excluding carboxylic acids is 3. The quantitative estimate of drug-likeness (QED) is 0.159. The van der Waals surface area contributed by atoms with Gasteiger partial charge in [-0.1, -0.05) is 52.7 Å². The smallest absolute Gasteiger partial charge is 0.326 e. The highest BCUT2D eigenvalue weighted by Gasteiger charge is 2.33. The van der Waals surface area contributed by atoms with Crippen LogP contribution >= 0.6 is 0 Å². The zero-order chi connectivity index (χ0) is 29.0. The Balaban J connectivity index is 3.09. The summed E-state index contributed by atoms with van der Waals surface area (Å²) >= 11 is 0. The Morgan fingerprint density at radius 1 is 0.816 bits per heavy atom. The second kappa shape index (κ2) is 15.6. The summed E-state index contributed by atoms with van der Waals surface area (Å²) in [5.74, 6) is -5.13. The van der Waals surface area contributed by atoms with Gasteiger partial charge >= 0.3 is 11.9 Å². The molecule has 0 aliphatic carbocycles. The number of carboxylic acids is 2. The lowest BCUT2D eigenvalue weighted by atomic mass is 9.95. The average molecular weight is 537 g/mol. The van der Waals surface area contributed by atoms with Crippen LogP contribution in [0.1, 0.15) is 58.9 Å². The molecule has 0 saturated carbocycles. The maximum atomic E-state index is 13.2. The van der Waals surface area contributed by atoms with E-state index in [4.69, 9.17) is 10.8 Å². The topological polar surface area (TPSA) is 208 Å². The number of aliphatic carboxylic acids is 2. The third kappa shape index (κ3) is 10.4. The molecule has 3 amide bonds. The molecule has 0 fully saturated rings. The molecule has 8 N–H and O–H groups in total. The maximum absolute atomic E-state index is 13.2. The van der Waals surface area contributed by atoms with Gasteiger partial charge in [0.05, 0.1) is 6.04 Å². The van der Waals surface area contributed by atoms with Crippen molar-refractivity contribution in [3.8, 4) is 5.75 Å². The van der Waals surface area contributed by atoms with Gasteiger partial charge in [0.15, 0.2) is 0 Å². The Morgan fingerprint density at radius 3 is 1.87 bits per heavy atom. The van der Waals surface area contributed by atoms with Crippen molar-refractivity contribution in [2.45, 2.75) is 84.0 Å². The highest BCUT2D eigenvalue weighted by Crippen LogP contribution is 2.14. The number of aromatic hydroxyl groups is 1. The zero-order valence-corrected chi connectivity index (χ0v) is 22.3. The normalized spacial score (nSPS) is 15.7. The minimum atomic E-state index is -1.38. The van der Waals surface area contributed by atoms with Gasteiger partial charge in [-0.25, -0.2) is 4.79 Å². The van der Waals surface area contributed by atoms with Crippen molar-refractivity contribution in [1.29, 1.82) is 0 Å². The van der Waals surface area contributed by atoms with Crippen LogP contribution in [-0.2, 0) is 30.4 Å². The molecule has 0 saturated heterocycles. The molecule has 1 rings (SSSR count). The summed E-state index contributed by atoms with van der Waals surface area (Å²) in [6, 6.07) is 1.12. The van der Waals surface area contributed by atoms with Crippen LogP contribution in [0.25, 0.3) is 0 Å². The SMILES string of the molecule is CCC(C)C(N)C(=O)NC(C(=O)NC(CCC(=O)O)C(=O)NC(Cc1ccc(O)cc1)C(=O)O)C(C)CC. The molecule has 12 nitrogen and oxygen atoms in total. The number of hydrogen-bond acceptors (Lipinski definition) is 7. The van der Waals surface area contributed by atoms with Gasteiger partial charge < -0.3 is 37.0 Å². The Labute approximate surface area is 222 Å². The van der Waals surface area contributed by atoms with Gasteiger partial charge in [0.1, 0.15) is 23.9 Å². The first-order valence-corrected chi connectivity index (χ1v) is 12.7. The van der Waals surface area contributed by atoms with Crippen LogP contribution < -0.4 is 21.7 Å². The molecule has 0 spiro atoms. The van der Waals surface area contributed by atoms with E-state index < -0.39 is 60.2 Å². The third-order valence-electron chi connectivity index (χ3n) is 6.62. The molecule has 212 valence electrons. The standard InChI is InChI=1S/C26H40N4O8/c1-5-14(3)21(27)24(35)30-22(15(4)6-2)25(36)28-18(11-12-20(32)33)23(34)29-19(26(37)38)13-16-7-9-17(31)10-8-16/h7-10,14-15,18-19,21-22,31H,5-6,11-13,27H2,1-4H3,(H,28,36)(H,29,34)(H,30,35)(H,32,33)(H,37,38). The lowest BCUT2D eigenvalue weighted by molar-refractivity contribution is -0.143. The summed E-state index contributed by atoms with van der Waals surface area (Å²) in [6.45, 7) is 7.26. The van der Waals surface area contributed by atoms with Crippen molar-refractivity contribution < 1.29 is 39.3 Å². The minimum absolute atomic E-state index is 0.00540. The van der Waals surface area contributed by atoms with Crippen LogP contribution in [0.5, 0.6) is 5.75 Å². The first kappa shape index (κ1) is 32.4. The second-order valence-electron chi connectivity index (χ2n) is 9.55. The molecule has 0 aromatic heterocycles. The Kier molecular flexibility index (Phi) is 13.2. The highest BCUT2D eigenvalue weighted by molar-refractivity contribution is 5.94. The molecule has 1 aromatic carbocycles. The summed E-state index contributed by atoms with van der Waals surface area (Å²) < 4.78 is 0. The number of amides is 3. The van der Waals surface area contributed by atoms with Gasteiger partial charge in [-0.2, -0.15) is 0 Å². The summed E-state index contributed by atoms with van der Waals surface area (Å²) in [7, 11) is 0. The molecule has 0 radical (unpaired) electrons. The van der Waals surface area contributed by atoms with Gasteiger partial charge in [0.2, 0.25) is 17.7 Å². The van der Waals surface area contributed by atoms with Gasteiger partial charge in [-0.05, 0) is 36.0 Å². The highest BCUT2D eigenvalue weighted by atomic mass is 16.4.